The summed E-state index contributed by atoms with van der Waals surface area (Å²) in [6, 6.07) is 9.81. The van der Waals surface area contributed by atoms with Crippen LogP contribution in [0.15, 0.2) is 30.3 Å². The number of benzene rings is 1. The molecule has 0 N–H and O–H groups in total. The Morgan fingerprint density at radius 2 is 2.00 bits per heavy atom. The molecule has 0 aromatic heterocycles. The highest BCUT2D eigenvalue weighted by Crippen LogP contribution is 2.20. The van der Waals surface area contributed by atoms with Crippen LogP contribution in [0.3, 0.4) is 0 Å². The van der Waals surface area contributed by atoms with E-state index in [1.54, 1.807) is 16.7 Å². The van der Waals surface area contributed by atoms with Gasteiger partial charge in [0.05, 0.1) is 5.25 Å². The minimum absolute atomic E-state index is 0.0835. The number of nitrogens with zero attached hydrogens (tertiary/aromatic N) is 1. The Bertz CT molecular complexity index is 339. The number of amides is 1. The van der Waals surface area contributed by atoms with Crippen molar-refractivity contribution in [1.29, 1.82) is 0 Å². The Balaban J connectivity index is 2.67. The van der Waals surface area contributed by atoms with Crippen LogP contribution in [0.2, 0.25) is 0 Å². The third-order valence-corrected chi connectivity index (χ3v) is 3.86. The van der Waals surface area contributed by atoms with Crippen LogP contribution in [0.4, 0.5) is 5.69 Å². The van der Waals surface area contributed by atoms with Gasteiger partial charge in [0.2, 0.25) is 5.91 Å². The van der Waals surface area contributed by atoms with Crippen molar-refractivity contribution in [2.24, 2.45) is 0 Å². The predicted octanol–water partition coefficient (Wildman–Crippen LogP) is 3.57. The Morgan fingerprint density at radius 1 is 1.35 bits per heavy atom. The number of carbonyl (C=O) groups excluding carboxylic acids is 1. The summed E-state index contributed by atoms with van der Waals surface area (Å²) in [5, 5.41) is 0.0835. The average molecular weight is 251 g/mol. The summed E-state index contributed by atoms with van der Waals surface area (Å²) in [4.78, 5) is 14.0. The number of thioether (sulfide) groups is 1. The van der Waals surface area contributed by atoms with Crippen LogP contribution in [0.1, 0.15) is 26.2 Å². The third-order valence-electron chi connectivity index (χ3n) is 2.85. The van der Waals surface area contributed by atoms with Gasteiger partial charge in [-0.1, -0.05) is 38.0 Å². The molecule has 0 aliphatic heterocycles. The van der Waals surface area contributed by atoms with Gasteiger partial charge in [0, 0.05) is 12.7 Å². The van der Waals surface area contributed by atoms with Crippen molar-refractivity contribution in [3.05, 3.63) is 30.3 Å². The van der Waals surface area contributed by atoms with Gasteiger partial charge in [0.25, 0.3) is 0 Å². The molecule has 1 amide bonds. The van der Waals surface area contributed by atoms with E-state index in [0.29, 0.717) is 0 Å². The normalized spacial score (nSPS) is 12.2. The predicted molar refractivity (Wildman–Crippen MR) is 76.7 cm³/mol. The van der Waals surface area contributed by atoms with Crippen LogP contribution in [0.25, 0.3) is 0 Å². The van der Waals surface area contributed by atoms with E-state index in [9.17, 15) is 4.79 Å². The molecule has 94 valence electrons. The molecular weight excluding hydrogens is 230 g/mol. The van der Waals surface area contributed by atoms with E-state index in [2.05, 4.69) is 6.92 Å². The summed E-state index contributed by atoms with van der Waals surface area (Å²) in [6.45, 7) is 2.16. The van der Waals surface area contributed by atoms with Crippen molar-refractivity contribution < 1.29 is 4.79 Å². The highest BCUT2D eigenvalue weighted by Gasteiger charge is 2.21. The van der Waals surface area contributed by atoms with Crippen molar-refractivity contribution in [2.75, 3.05) is 18.2 Å². The number of anilines is 1. The molecule has 0 radical (unpaired) electrons. The van der Waals surface area contributed by atoms with Gasteiger partial charge in [0.15, 0.2) is 0 Å². The second kappa shape index (κ2) is 7.38. The van der Waals surface area contributed by atoms with Crippen molar-refractivity contribution in [3.8, 4) is 0 Å². The monoisotopic (exact) mass is 251 g/mol. The first-order chi connectivity index (χ1) is 8.20. The summed E-state index contributed by atoms with van der Waals surface area (Å²) in [5.41, 5.74) is 0.966. The van der Waals surface area contributed by atoms with Gasteiger partial charge in [-0.2, -0.15) is 11.8 Å². The lowest BCUT2D eigenvalue weighted by Crippen LogP contribution is -2.34. The molecule has 1 aromatic carbocycles. The van der Waals surface area contributed by atoms with E-state index in [4.69, 9.17) is 0 Å². The summed E-state index contributed by atoms with van der Waals surface area (Å²) >= 11 is 1.65. The Labute approximate surface area is 108 Å². The van der Waals surface area contributed by atoms with Crippen LogP contribution in [0, 0.1) is 0 Å². The number of carbonyl (C=O) groups is 1. The first-order valence-corrected chi connectivity index (χ1v) is 7.35. The highest BCUT2D eigenvalue weighted by molar-refractivity contribution is 7.99. The Hall–Kier alpha value is -0.960. The number of para-hydroxylation sites is 1. The quantitative estimate of drug-likeness (QED) is 0.770. The van der Waals surface area contributed by atoms with Crippen LogP contribution in [-0.4, -0.2) is 24.5 Å². The standard InChI is InChI=1S/C14H21NOS/c1-4-5-11-13(17-3)14(16)15(2)12-9-7-6-8-10-12/h6-10,13H,4-5,11H2,1-3H3. The fraction of sp³-hybridized carbons (Fsp3) is 0.500. The molecule has 0 fully saturated rings. The second-order valence-corrected chi connectivity index (χ2v) is 5.14. The first kappa shape index (κ1) is 14.1. The molecule has 1 aromatic rings. The van der Waals surface area contributed by atoms with Gasteiger partial charge < -0.3 is 4.90 Å². The maximum atomic E-state index is 12.3. The molecule has 1 atom stereocenters. The maximum Gasteiger partial charge on any atom is 0.239 e. The molecule has 3 heteroatoms. The summed E-state index contributed by atoms with van der Waals surface area (Å²) in [5.74, 6) is 0.206. The van der Waals surface area contributed by atoms with E-state index >= 15 is 0 Å². The number of hydrogen-bond acceptors (Lipinski definition) is 2. The zero-order valence-electron chi connectivity index (χ0n) is 10.8. The molecule has 0 saturated heterocycles. The molecule has 0 saturated carbocycles. The number of rotatable bonds is 6. The zero-order chi connectivity index (χ0) is 12.7. The zero-order valence-corrected chi connectivity index (χ0v) is 11.7. The SMILES string of the molecule is CCCCC(SC)C(=O)N(C)c1ccccc1. The molecule has 0 heterocycles. The molecule has 0 aliphatic carbocycles. The van der Waals surface area contributed by atoms with Gasteiger partial charge >= 0.3 is 0 Å². The summed E-state index contributed by atoms with van der Waals surface area (Å²) < 4.78 is 0. The smallest absolute Gasteiger partial charge is 0.239 e. The van der Waals surface area contributed by atoms with Crippen LogP contribution < -0.4 is 4.90 Å². The molecule has 17 heavy (non-hydrogen) atoms. The molecule has 0 aliphatic rings. The van der Waals surface area contributed by atoms with Crippen LogP contribution in [0.5, 0.6) is 0 Å². The largest absolute Gasteiger partial charge is 0.315 e. The Morgan fingerprint density at radius 3 is 2.53 bits per heavy atom. The van der Waals surface area contributed by atoms with E-state index in [0.717, 1.165) is 24.9 Å². The molecule has 0 bridgehead atoms. The molecule has 0 spiro atoms. The average Bonchev–Trinajstić information content (AvgIpc) is 2.39. The van der Waals surface area contributed by atoms with Gasteiger partial charge in [-0.15, -0.1) is 0 Å². The van der Waals surface area contributed by atoms with Crippen molar-refractivity contribution in [1.82, 2.24) is 0 Å². The molecule has 1 rings (SSSR count). The highest BCUT2D eigenvalue weighted by atomic mass is 32.2. The summed E-state index contributed by atoms with van der Waals surface area (Å²) in [7, 11) is 1.85. The lowest BCUT2D eigenvalue weighted by Gasteiger charge is -2.22. The lowest BCUT2D eigenvalue weighted by molar-refractivity contribution is -0.117. The van der Waals surface area contributed by atoms with Crippen molar-refractivity contribution in [2.45, 2.75) is 31.4 Å². The molecular formula is C14H21NOS. The topological polar surface area (TPSA) is 20.3 Å². The maximum absolute atomic E-state index is 12.3. The fourth-order valence-corrected chi connectivity index (χ4v) is 2.49. The van der Waals surface area contributed by atoms with Gasteiger partial charge in [0.1, 0.15) is 0 Å². The van der Waals surface area contributed by atoms with E-state index < -0.39 is 0 Å². The van der Waals surface area contributed by atoms with E-state index in [-0.39, 0.29) is 11.2 Å². The summed E-state index contributed by atoms with van der Waals surface area (Å²) in [6.07, 6.45) is 5.23. The van der Waals surface area contributed by atoms with Crippen molar-refractivity contribution >= 4 is 23.4 Å². The van der Waals surface area contributed by atoms with Gasteiger partial charge in [-0.3, -0.25) is 4.79 Å². The van der Waals surface area contributed by atoms with Crippen LogP contribution in [-0.2, 0) is 4.79 Å². The minimum atomic E-state index is 0.0835. The minimum Gasteiger partial charge on any atom is -0.315 e. The van der Waals surface area contributed by atoms with E-state index in [1.165, 1.54) is 0 Å². The van der Waals surface area contributed by atoms with Gasteiger partial charge in [-0.25, -0.2) is 0 Å². The molecule has 2 nitrogen and oxygen atoms in total. The van der Waals surface area contributed by atoms with Crippen LogP contribution >= 0.6 is 11.8 Å². The van der Waals surface area contributed by atoms with Gasteiger partial charge in [-0.05, 0) is 24.8 Å². The fourth-order valence-electron chi connectivity index (χ4n) is 1.73. The Kier molecular flexibility index (Phi) is 6.12. The second-order valence-electron chi connectivity index (χ2n) is 4.10. The third kappa shape index (κ3) is 4.08. The van der Waals surface area contributed by atoms with E-state index in [1.807, 2.05) is 43.6 Å². The first-order valence-electron chi connectivity index (χ1n) is 6.06. The number of unbranched alkanes of at least 4 members (excludes halogenated alkanes) is 1. The van der Waals surface area contributed by atoms with Crippen molar-refractivity contribution in [3.63, 3.8) is 0 Å². The lowest BCUT2D eigenvalue weighted by atomic mass is 10.2. The number of hydrogen-bond donors (Lipinski definition) is 0. The molecule has 1 unspecified atom stereocenters.